The van der Waals surface area contributed by atoms with E-state index in [1.807, 2.05) is 47.3 Å². The van der Waals surface area contributed by atoms with E-state index in [0.717, 1.165) is 39.3 Å². The summed E-state index contributed by atoms with van der Waals surface area (Å²) in [5, 5.41) is 8.78. The van der Waals surface area contributed by atoms with Crippen molar-refractivity contribution >= 4 is 17.3 Å². The van der Waals surface area contributed by atoms with E-state index in [1.165, 1.54) is 4.68 Å². The highest BCUT2D eigenvalue weighted by molar-refractivity contribution is 6.33. The van der Waals surface area contributed by atoms with Crippen molar-refractivity contribution < 1.29 is 0 Å². The van der Waals surface area contributed by atoms with Crippen molar-refractivity contribution in [2.45, 2.75) is 6.54 Å². The quantitative estimate of drug-likeness (QED) is 0.672. The van der Waals surface area contributed by atoms with Crippen LogP contribution >= 0.6 is 11.6 Å². The molecule has 0 radical (unpaired) electrons. The van der Waals surface area contributed by atoms with Gasteiger partial charge in [-0.15, -0.1) is 0 Å². The monoisotopic (exact) mass is 384 g/mol. The lowest BCUT2D eigenvalue weighted by Crippen LogP contribution is -2.47. The lowest BCUT2D eigenvalue weighted by atomic mass is 10.2. The Morgan fingerprint density at radius 2 is 1.74 bits per heavy atom. The van der Waals surface area contributed by atoms with Gasteiger partial charge < -0.3 is 4.90 Å². The van der Waals surface area contributed by atoms with Crippen molar-refractivity contribution in [3.63, 3.8) is 0 Å². The smallest absolute Gasteiger partial charge is 0.292 e. The minimum absolute atomic E-state index is 0.221. The summed E-state index contributed by atoms with van der Waals surface area (Å²) in [6.07, 6.45) is 5.46. The molecule has 7 nitrogen and oxygen atoms in total. The Labute approximate surface area is 162 Å². The number of hydrogen-bond acceptors (Lipinski definition) is 5. The number of nitrogens with zero attached hydrogens (tertiary/aromatic N) is 6. The molecule has 0 amide bonds. The van der Waals surface area contributed by atoms with Crippen molar-refractivity contribution in [2.75, 3.05) is 37.6 Å². The van der Waals surface area contributed by atoms with Crippen LogP contribution in [0.5, 0.6) is 0 Å². The van der Waals surface area contributed by atoms with E-state index in [2.05, 4.69) is 20.0 Å². The third-order valence-corrected chi connectivity index (χ3v) is 5.17. The molecular formula is C19H21ClN6O. The maximum Gasteiger partial charge on any atom is 0.292 e. The van der Waals surface area contributed by atoms with E-state index in [4.69, 9.17) is 11.6 Å². The second-order valence-electron chi connectivity index (χ2n) is 6.49. The van der Waals surface area contributed by atoms with E-state index in [0.29, 0.717) is 11.4 Å². The molecular weight excluding hydrogens is 364 g/mol. The molecule has 140 valence electrons. The highest BCUT2D eigenvalue weighted by Gasteiger charge is 2.21. The van der Waals surface area contributed by atoms with Crippen LogP contribution in [0, 0.1) is 0 Å². The van der Waals surface area contributed by atoms with Crippen molar-refractivity contribution in [1.29, 1.82) is 0 Å². The number of anilines is 1. The summed E-state index contributed by atoms with van der Waals surface area (Å²) in [6, 6.07) is 11.2. The number of aromatic nitrogens is 4. The molecule has 0 spiro atoms. The summed E-state index contributed by atoms with van der Waals surface area (Å²) >= 11 is 6.41. The fourth-order valence-electron chi connectivity index (χ4n) is 3.29. The molecule has 0 atom stereocenters. The van der Waals surface area contributed by atoms with Gasteiger partial charge in [-0.25, -0.2) is 0 Å². The molecule has 1 aliphatic heterocycles. The summed E-state index contributed by atoms with van der Waals surface area (Å²) in [5.41, 5.74) is 1.13. The number of benzene rings is 1. The zero-order chi connectivity index (χ0) is 18.6. The van der Waals surface area contributed by atoms with Crippen LogP contribution < -0.4 is 10.5 Å². The molecule has 0 N–H and O–H groups in total. The Kier molecular flexibility index (Phi) is 5.22. The third-order valence-electron chi connectivity index (χ3n) is 4.82. The van der Waals surface area contributed by atoms with Gasteiger partial charge in [0.05, 0.1) is 24.1 Å². The fourth-order valence-corrected chi connectivity index (χ4v) is 3.54. The van der Waals surface area contributed by atoms with Gasteiger partial charge in [0.15, 0.2) is 0 Å². The van der Waals surface area contributed by atoms with Gasteiger partial charge in [-0.3, -0.25) is 14.4 Å². The molecule has 2 aromatic heterocycles. The first kappa shape index (κ1) is 17.8. The zero-order valence-electron chi connectivity index (χ0n) is 14.9. The molecule has 3 aromatic rings. The molecule has 1 saturated heterocycles. The maximum atomic E-state index is 12.7. The summed E-state index contributed by atoms with van der Waals surface area (Å²) in [6.45, 7) is 5.29. The van der Waals surface area contributed by atoms with Gasteiger partial charge in [-0.2, -0.15) is 14.9 Å². The Bertz CT molecular complexity index is 933. The van der Waals surface area contributed by atoms with Crippen LogP contribution in [0.15, 0.2) is 59.8 Å². The van der Waals surface area contributed by atoms with Crippen LogP contribution in [0.1, 0.15) is 0 Å². The normalized spacial score (nSPS) is 15.2. The maximum absolute atomic E-state index is 12.7. The summed E-state index contributed by atoms with van der Waals surface area (Å²) < 4.78 is 3.28. The van der Waals surface area contributed by atoms with Gasteiger partial charge in [0.2, 0.25) is 0 Å². The topological polar surface area (TPSA) is 59.2 Å². The molecule has 0 unspecified atom stereocenters. The second-order valence-corrected chi connectivity index (χ2v) is 6.87. The second kappa shape index (κ2) is 7.94. The minimum Gasteiger partial charge on any atom is -0.366 e. The number of halogens is 1. The van der Waals surface area contributed by atoms with E-state index < -0.39 is 0 Å². The van der Waals surface area contributed by atoms with Crippen LogP contribution in [0.4, 0.5) is 5.69 Å². The molecule has 0 aliphatic carbocycles. The molecule has 27 heavy (non-hydrogen) atoms. The number of para-hydroxylation sites is 1. The van der Waals surface area contributed by atoms with Crippen LogP contribution in [0.3, 0.4) is 0 Å². The lowest BCUT2D eigenvalue weighted by Gasteiger charge is -2.36. The molecule has 4 rings (SSSR count). The summed E-state index contributed by atoms with van der Waals surface area (Å²) in [4.78, 5) is 17.2. The Morgan fingerprint density at radius 1 is 0.963 bits per heavy atom. The zero-order valence-corrected chi connectivity index (χ0v) is 15.7. The average molecular weight is 385 g/mol. The molecule has 1 fully saturated rings. The Morgan fingerprint density at radius 3 is 2.44 bits per heavy atom. The molecule has 0 bridgehead atoms. The van der Waals surface area contributed by atoms with Crippen molar-refractivity contribution in [3.05, 3.63) is 70.4 Å². The Hall–Kier alpha value is -2.64. The van der Waals surface area contributed by atoms with Gasteiger partial charge in [0, 0.05) is 45.1 Å². The van der Waals surface area contributed by atoms with Gasteiger partial charge in [0.1, 0.15) is 5.02 Å². The van der Waals surface area contributed by atoms with E-state index in [-0.39, 0.29) is 10.6 Å². The van der Waals surface area contributed by atoms with Gasteiger partial charge in [-0.05, 0) is 18.2 Å². The number of piperazine rings is 1. The molecule has 0 saturated carbocycles. The lowest BCUT2D eigenvalue weighted by molar-refractivity contribution is 0.244. The molecule has 1 aliphatic rings. The first-order chi connectivity index (χ1) is 13.2. The fraction of sp³-hybridized carbons (Fsp3) is 0.316. The van der Waals surface area contributed by atoms with Crippen molar-refractivity contribution in [1.82, 2.24) is 24.5 Å². The predicted octanol–water partition coefficient (Wildman–Crippen LogP) is 1.90. The van der Waals surface area contributed by atoms with Crippen LogP contribution in [-0.4, -0.2) is 57.2 Å². The molecule has 1 aromatic carbocycles. The van der Waals surface area contributed by atoms with E-state index in [9.17, 15) is 4.79 Å². The highest BCUT2D eigenvalue weighted by Crippen LogP contribution is 2.23. The SMILES string of the molecule is O=c1c(Cl)c(N2CCN(CCn3cccn3)CC2)cnn1-c1ccccc1. The standard InChI is InChI=1S/C19H21ClN6O/c20-18-17(15-22-26(19(18)27)16-5-2-1-3-6-16)24-12-9-23(10-13-24)11-14-25-8-4-7-21-25/h1-8,15H,9-14H2. The molecule has 3 heterocycles. The largest absolute Gasteiger partial charge is 0.366 e. The average Bonchev–Trinajstić information content (AvgIpc) is 3.23. The van der Waals surface area contributed by atoms with Crippen LogP contribution in [0.2, 0.25) is 5.02 Å². The Balaban J connectivity index is 1.42. The third kappa shape index (κ3) is 3.89. The first-order valence-electron chi connectivity index (χ1n) is 9.00. The summed E-state index contributed by atoms with van der Waals surface area (Å²) in [7, 11) is 0. The summed E-state index contributed by atoms with van der Waals surface area (Å²) in [5.74, 6) is 0. The minimum atomic E-state index is -0.290. The van der Waals surface area contributed by atoms with Crippen molar-refractivity contribution in [2.24, 2.45) is 0 Å². The number of rotatable bonds is 5. The predicted molar refractivity (Wildman–Crippen MR) is 106 cm³/mol. The van der Waals surface area contributed by atoms with Gasteiger partial charge in [-0.1, -0.05) is 29.8 Å². The van der Waals surface area contributed by atoms with E-state index in [1.54, 1.807) is 12.4 Å². The van der Waals surface area contributed by atoms with E-state index >= 15 is 0 Å². The highest BCUT2D eigenvalue weighted by atomic mass is 35.5. The number of hydrogen-bond donors (Lipinski definition) is 0. The van der Waals surface area contributed by atoms with Gasteiger partial charge >= 0.3 is 0 Å². The van der Waals surface area contributed by atoms with Crippen molar-refractivity contribution in [3.8, 4) is 5.69 Å². The van der Waals surface area contributed by atoms with Gasteiger partial charge in [0.25, 0.3) is 5.56 Å². The van der Waals surface area contributed by atoms with Crippen LogP contribution in [-0.2, 0) is 6.54 Å². The first-order valence-corrected chi connectivity index (χ1v) is 9.38. The van der Waals surface area contributed by atoms with Crippen LogP contribution in [0.25, 0.3) is 5.69 Å². The molecule has 8 heteroatoms.